The second kappa shape index (κ2) is 5.48. The molecule has 0 amide bonds. The summed E-state index contributed by atoms with van der Waals surface area (Å²) in [6, 6.07) is 15.9. The van der Waals surface area contributed by atoms with E-state index in [1.807, 2.05) is 36.4 Å². The number of ketones is 1. The van der Waals surface area contributed by atoms with E-state index >= 15 is 0 Å². The third kappa shape index (κ3) is 2.37. The Hall–Kier alpha value is -2.29. The van der Waals surface area contributed by atoms with Crippen molar-refractivity contribution >= 4 is 5.78 Å². The van der Waals surface area contributed by atoms with Gasteiger partial charge in [0.25, 0.3) is 0 Å². The van der Waals surface area contributed by atoms with Crippen molar-refractivity contribution in [3.63, 3.8) is 0 Å². The Morgan fingerprint density at radius 1 is 0.773 bits per heavy atom. The molecule has 112 valence electrons. The minimum absolute atomic E-state index is 0.0732. The molecule has 0 radical (unpaired) electrons. The van der Waals surface area contributed by atoms with Crippen molar-refractivity contribution in [2.45, 2.75) is 37.9 Å². The summed E-state index contributed by atoms with van der Waals surface area (Å²) in [6.45, 7) is 0. The van der Waals surface area contributed by atoms with Crippen molar-refractivity contribution in [1.29, 1.82) is 0 Å². The molecule has 22 heavy (non-hydrogen) atoms. The lowest BCUT2D eigenvalue weighted by Gasteiger charge is -2.30. The fourth-order valence-electron chi connectivity index (χ4n) is 3.26. The van der Waals surface area contributed by atoms with Gasteiger partial charge in [-0.3, -0.25) is 4.79 Å². The number of carbonyl (C=O) groups excluding carboxylic acids is 1. The second-order valence-corrected chi connectivity index (χ2v) is 5.91. The summed E-state index contributed by atoms with van der Waals surface area (Å²) in [7, 11) is 0. The third-order valence-electron chi connectivity index (χ3n) is 4.47. The van der Waals surface area contributed by atoms with E-state index in [2.05, 4.69) is 12.1 Å². The zero-order valence-electron chi connectivity index (χ0n) is 12.3. The Kier molecular flexibility index (Phi) is 3.34. The molecule has 2 aliphatic heterocycles. The molecule has 0 aromatic heterocycles. The van der Waals surface area contributed by atoms with E-state index in [0.29, 0.717) is 0 Å². The highest BCUT2D eigenvalue weighted by Crippen LogP contribution is 2.31. The summed E-state index contributed by atoms with van der Waals surface area (Å²) in [4.78, 5) is 12.7. The molecule has 0 bridgehead atoms. The molecule has 2 heterocycles. The van der Waals surface area contributed by atoms with E-state index in [4.69, 9.17) is 9.47 Å². The summed E-state index contributed by atoms with van der Waals surface area (Å²) < 4.78 is 11.8. The number of aryl methyl sites for hydroxylation is 2. The molecule has 2 unspecified atom stereocenters. The van der Waals surface area contributed by atoms with Crippen LogP contribution in [0.3, 0.4) is 0 Å². The van der Waals surface area contributed by atoms with Crippen LogP contribution >= 0.6 is 0 Å². The molecule has 0 spiro atoms. The van der Waals surface area contributed by atoms with Crippen molar-refractivity contribution in [1.82, 2.24) is 0 Å². The van der Waals surface area contributed by atoms with E-state index in [0.717, 1.165) is 37.2 Å². The smallest absolute Gasteiger partial charge is 0.213 e. The van der Waals surface area contributed by atoms with E-state index in [1.54, 1.807) is 0 Å². The first-order valence-electron chi connectivity index (χ1n) is 7.84. The van der Waals surface area contributed by atoms with Gasteiger partial charge < -0.3 is 9.47 Å². The lowest BCUT2D eigenvalue weighted by Crippen LogP contribution is -2.42. The minimum atomic E-state index is -0.384. The first-order valence-corrected chi connectivity index (χ1v) is 7.84. The van der Waals surface area contributed by atoms with Crippen molar-refractivity contribution in [3.05, 3.63) is 59.7 Å². The van der Waals surface area contributed by atoms with Gasteiger partial charge in [0.15, 0.2) is 12.2 Å². The molecule has 0 N–H and O–H groups in total. The number of para-hydroxylation sites is 2. The third-order valence-corrected chi connectivity index (χ3v) is 4.47. The van der Waals surface area contributed by atoms with Crippen LogP contribution in [-0.2, 0) is 17.6 Å². The molecule has 0 fully saturated rings. The summed E-state index contributed by atoms with van der Waals surface area (Å²) in [5.74, 6) is 1.75. The van der Waals surface area contributed by atoms with Gasteiger partial charge in [-0.1, -0.05) is 36.4 Å². The summed E-state index contributed by atoms with van der Waals surface area (Å²) >= 11 is 0. The maximum absolute atomic E-state index is 12.7. The summed E-state index contributed by atoms with van der Waals surface area (Å²) in [5, 5.41) is 0. The van der Waals surface area contributed by atoms with Gasteiger partial charge >= 0.3 is 0 Å². The average Bonchev–Trinajstić information content (AvgIpc) is 2.60. The lowest BCUT2D eigenvalue weighted by atomic mass is 9.93. The van der Waals surface area contributed by atoms with Crippen LogP contribution in [0.25, 0.3) is 0 Å². The SMILES string of the molecule is O=C(C1CCc2ccccc2O1)C1CCc2ccccc2O1. The van der Waals surface area contributed by atoms with Crippen LogP contribution in [0.1, 0.15) is 24.0 Å². The van der Waals surface area contributed by atoms with Gasteiger partial charge in [-0.2, -0.15) is 0 Å². The fourth-order valence-corrected chi connectivity index (χ4v) is 3.26. The standard InChI is InChI=1S/C19H18O3/c20-19(17-11-9-13-5-1-3-7-15(13)21-17)18-12-10-14-6-2-4-8-16(14)22-18/h1-8,17-18H,9-12H2. The molecule has 0 aliphatic carbocycles. The highest BCUT2D eigenvalue weighted by Gasteiger charge is 2.34. The number of Topliss-reactive ketones (excluding diaryl/α,β-unsaturated/α-hetero) is 1. The molecular formula is C19H18O3. The molecule has 0 saturated heterocycles. The van der Waals surface area contributed by atoms with E-state index in [9.17, 15) is 4.79 Å². The number of benzene rings is 2. The fraction of sp³-hybridized carbons (Fsp3) is 0.316. The van der Waals surface area contributed by atoms with Crippen LogP contribution < -0.4 is 9.47 Å². The quantitative estimate of drug-likeness (QED) is 0.852. The van der Waals surface area contributed by atoms with Gasteiger partial charge in [-0.05, 0) is 48.9 Å². The van der Waals surface area contributed by atoms with E-state index < -0.39 is 0 Å². The monoisotopic (exact) mass is 294 g/mol. The van der Waals surface area contributed by atoms with Crippen LogP contribution in [0, 0.1) is 0 Å². The number of ether oxygens (including phenoxy) is 2. The van der Waals surface area contributed by atoms with Crippen LogP contribution in [-0.4, -0.2) is 18.0 Å². The average molecular weight is 294 g/mol. The first kappa shape index (κ1) is 13.4. The number of rotatable bonds is 2. The lowest BCUT2D eigenvalue weighted by molar-refractivity contribution is -0.134. The maximum Gasteiger partial charge on any atom is 0.213 e. The predicted molar refractivity (Wildman–Crippen MR) is 83.4 cm³/mol. The first-order chi connectivity index (χ1) is 10.8. The van der Waals surface area contributed by atoms with Crippen molar-refractivity contribution in [3.8, 4) is 11.5 Å². The Morgan fingerprint density at radius 3 is 1.73 bits per heavy atom. The van der Waals surface area contributed by atoms with Crippen molar-refractivity contribution in [2.75, 3.05) is 0 Å². The largest absolute Gasteiger partial charge is 0.482 e. The number of hydrogen-bond acceptors (Lipinski definition) is 3. The highest BCUT2D eigenvalue weighted by molar-refractivity contribution is 5.88. The molecule has 2 aromatic rings. The summed E-state index contributed by atoms with van der Waals surface area (Å²) in [6.07, 6.45) is 2.47. The van der Waals surface area contributed by atoms with Crippen LogP contribution in [0.5, 0.6) is 11.5 Å². The van der Waals surface area contributed by atoms with Crippen LogP contribution in [0.4, 0.5) is 0 Å². The zero-order chi connectivity index (χ0) is 14.9. The van der Waals surface area contributed by atoms with Gasteiger partial charge in [0.2, 0.25) is 5.78 Å². The Labute approximate surface area is 129 Å². The second-order valence-electron chi connectivity index (χ2n) is 5.91. The van der Waals surface area contributed by atoms with Crippen LogP contribution in [0.2, 0.25) is 0 Å². The molecule has 4 rings (SSSR count). The highest BCUT2D eigenvalue weighted by atomic mass is 16.5. The Balaban J connectivity index is 1.50. The molecule has 2 aliphatic rings. The number of carbonyl (C=O) groups is 1. The van der Waals surface area contributed by atoms with Crippen LogP contribution in [0.15, 0.2) is 48.5 Å². The molecular weight excluding hydrogens is 276 g/mol. The number of fused-ring (bicyclic) bond motifs is 2. The maximum atomic E-state index is 12.7. The molecule has 3 heteroatoms. The van der Waals surface area contributed by atoms with Crippen molar-refractivity contribution < 1.29 is 14.3 Å². The molecule has 2 atom stereocenters. The van der Waals surface area contributed by atoms with Gasteiger partial charge in [-0.15, -0.1) is 0 Å². The number of hydrogen-bond donors (Lipinski definition) is 0. The Bertz CT molecular complexity index is 648. The van der Waals surface area contributed by atoms with E-state index in [-0.39, 0.29) is 18.0 Å². The zero-order valence-corrected chi connectivity index (χ0v) is 12.3. The molecule has 2 aromatic carbocycles. The van der Waals surface area contributed by atoms with Gasteiger partial charge in [0.05, 0.1) is 0 Å². The summed E-state index contributed by atoms with van der Waals surface area (Å²) in [5.41, 5.74) is 2.36. The van der Waals surface area contributed by atoms with E-state index in [1.165, 1.54) is 11.1 Å². The molecule has 0 saturated carbocycles. The van der Waals surface area contributed by atoms with Gasteiger partial charge in [-0.25, -0.2) is 0 Å². The Morgan fingerprint density at radius 2 is 1.23 bits per heavy atom. The predicted octanol–water partition coefficient (Wildman–Crippen LogP) is 3.34. The van der Waals surface area contributed by atoms with Gasteiger partial charge in [0, 0.05) is 0 Å². The van der Waals surface area contributed by atoms with Crippen molar-refractivity contribution in [2.24, 2.45) is 0 Å². The topological polar surface area (TPSA) is 35.5 Å². The van der Waals surface area contributed by atoms with Gasteiger partial charge in [0.1, 0.15) is 11.5 Å². The minimum Gasteiger partial charge on any atom is -0.482 e. The molecule has 3 nitrogen and oxygen atoms in total. The normalized spacial score (nSPS) is 22.7.